The van der Waals surface area contributed by atoms with Gasteiger partial charge in [0.05, 0.1) is 10.6 Å². The topological polar surface area (TPSA) is 95.6 Å². The van der Waals surface area contributed by atoms with Crippen LogP contribution < -0.4 is 10.6 Å². The molecule has 7 nitrogen and oxygen atoms in total. The number of fused-ring (bicyclic) bond motifs is 1. The van der Waals surface area contributed by atoms with Crippen molar-refractivity contribution in [3.8, 4) is 0 Å². The summed E-state index contributed by atoms with van der Waals surface area (Å²) in [6.07, 6.45) is 2.11. The van der Waals surface area contributed by atoms with Crippen molar-refractivity contribution in [1.29, 1.82) is 0 Å². The summed E-state index contributed by atoms with van der Waals surface area (Å²) in [5.74, 6) is -0.0799. The lowest BCUT2D eigenvalue weighted by molar-refractivity contribution is -0.122. The Kier molecular flexibility index (Phi) is 6.43. The Balaban J connectivity index is 1.35. The fraction of sp³-hybridized carbons (Fsp3) is 0.182. The van der Waals surface area contributed by atoms with Crippen LogP contribution in [0.5, 0.6) is 0 Å². The quantitative estimate of drug-likeness (QED) is 0.672. The van der Waals surface area contributed by atoms with Crippen molar-refractivity contribution in [2.45, 2.75) is 11.3 Å². The molecule has 0 bridgehead atoms. The van der Waals surface area contributed by atoms with Gasteiger partial charge in [-0.3, -0.25) is 24.1 Å². The first-order valence-electron chi connectivity index (χ1n) is 9.66. The Morgan fingerprint density at radius 3 is 2.74 bits per heavy atom. The molecule has 9 heteroatoms. The van der Waals surface area contributed by atoms with E-state index in [9.17, 15) is 19.2 Å². The van der Waals surface area contributed by atoms with Gasteiger partial charge < -0.3 is 10.6 Å². The normalized spacial score (nSPS) is 17.4. The molecule has 2 aromatic carbocycles. The number of hydrogen-bond donors (Lipinski definition) is 2. The third kappa shape index (κ3) is 5.00. The second-order valence-electron chi connectivity index (χ2n) is 6.86. The summed E-state index contributed by atoms with van der Waals surface area (Å²) < 4.78 is 0. The lowest BCUT2D eigenvalue weighted by Gasteiger charge is -2.13. The number of rotatable bonds is 5. The lowest BCUT2D eigenvalue weighted by atomic mass is 10.2. The maximum atomic E-state index is 12.6. The number of thioether (sulfide) groups is 2. The van der Waals surface area contributed by atoms with Gasteiger partial charge in [-0.15, -0.1) is 11.8 Å². The van der Waals surface area contributed by atoms with Gasteiger partial charge in [0.15, 0.2) is 0 Å². The van der Waals surface area contributed by atoms with E-state index >= 15 is 0 Å². The van der Waals surface area contributed by atoms with Gasteiger partial charge in [-0.25, -0.2) is 0 Å². The number of carbonyl (C=O) groups is 4. The van der Waals surface area contributed by atoms with Gasteiger partial charge in [0, 0.05) is 35.7 Å². The number of anilines is 1. The molecule has 31 heavy (non-hydrogen) atoms. The molecule has 0 unspecified atom stereocenters. The van der Waals surface area contributed by atoms with Crippen molar-refractivity contribution in [3.63, 3.8) is 0 Å². The fourth-order valence-electron chi connectivity index (χ4n) is 3.14. The van der Waals surface area contributed by atoms with E-state index in [0.717, 1.165) is 27.1 Å². The van der Waals surface area contributed by atoms with Gasteiger partial charge >= 0.3 is 0 Å². The zero-order valence-corrected chi connectivity index (χ0v) is 18.1. The summed E-state index contributed by atoms with van der Waals surface area (Å²) in [5, 5.41) is 5.19. The summed E-state index contributed by atoms with van der Waals surface area (Å²) in [6, 6.07) is 14.5. The molecular weight excluding hydrogens is 434 g/mol. The molecule has 2 heterocycles. The number of nitrogens with one attached hydrogen (secondary N) is 2. The second-order valence-corrected chi connectivity index (χ2v) is 8.99. The van der Waals surface area contributed by atoms with Crippen LogP contribution in [0.25, 0.3) is 6.08 Å². The molecule has 1 saturated heterocycles. The summed E-state index contributed by atoms with van der Waals surface area (Å²) >= 11 is 2.46. The summed E-state index contributed by atoms with van der Waals surface area (Å²) in [4.78, 5) is 51.4. The molecule has 4 amide bonds. The van der Waals surface area contributed by atoms with Gasteiger partial charge in [0.25, 0.3) is 17.1 Å². The van der Waals surface area contributed by atoms with E-state index in [1.807, 2.05) is 36.4 Å². The Morgan fingerprint density at radius 1 is 1.13 bits per heavy atom. The Labute approximate surface area is 187 Å². The van der Waals surface area contributed by atoms with Crippen LogP contribution in [0.4, 0.5) is 10.5 Å². The smallest absolute Gasteiger partial charge is 0.293 e. The van der Waals surface area contributed by atoms with E-state index in [-0.39, 0.29) is 36.1 Å². The van der Waals surface area contributed by atoms with E-state index < -0.39 is 0 Å². The van der Waals surface area contributed by atoms with Crippen LogP contribution in [0.3, 0.4) is 0 Å². The van der Waals surface area contributed by atoms with Gasteiger partial charge in [-0.1, -0.05) is 30.3 Å². The largest absolute Gasteiger partial charge is 0.350 e. The van der Waals surface area contributed by atoms with Gasteiger partial charge in [-0.05, 0) is 41.6 Å². The predicted molar refractivity (Wildman–Crippen MR) is 122 cm³/mol. The second kappa shape index (κ2) is 9.40. The van der Waals surface area contributed by atoms with Crippen molar-refractivity contribution < 1.29 is 19.2 Å². The monoisotopic (exact) mass is 453 g/mol. The molecule has 0 aromatic heterocycles. The molecule has 0 aliphatic carbocycles. The third-order valence-electron chi connectivity index (χ3n) is 4.69. The highest BCUT2D eigenvalue weighted by Gasteiger charge is 2.34. The zero-order chi connectivity index (χ0) is 21.8. The molecule has 0 atom stereocenters. The average molecular weight is 454 g/mol. The molecule has 158 valence electrons. The van der Waals surface area contributed by atoms with E-state index in [1.54, 1.807) is 30.0 Å². The maximum Gasteiger partial charge on any atom is 0.293 e. The highest BCUT2D eigenvalue weighted by Crippen LogP contribution is 2.32. The van der Waals surface area contributed by atoms with Crippen molar-refractivity contribution >= 4 is 58.2 Å². The van der Waals surface area contributed by atoms with Crippen LogP contribution in [-0.2, 0) is 9.59 Å². The van der Waals surface area contributed by atoms with Crippen LogP contribution in [0.15, 0.2) is 58.3 Å². The zero-order valence-electron chi connectivity index (χ0n) is 16.4. The minimum Gasteiger partial charge on any atom is -0.350 e. The molecule has 2 aliphatic heterocycles. The number of imide groups is 1. The Morgan fingerprint density at radius 2 is 1.94 bits per heavy atom. The SMILES string of the molecule is O=C1CCSc2ccc(C(=O)NCCN3C(=O)SC(=Cc4ccccc4)C3=O)cc2N1. The first kappa shape index (κ1) is 21.2. The number of benzene rings is 2. The Hall–Kier alpha value is -3.04. The molecule has 2 aliphatic rings. The van der Waals surface area contributed by atoms with E-state index in [4.69, 9.17) is 0 Å². The molecule has 0 spiro atoms. The maximum absolute atomic E-state index is 12.6. The van der Waals surface area contributed by atoms with Crippen molar-refractivity contribution in [1.82, 2.24) is 10.2 Å². The Bertz CT molecular complexity index is 1090. The minimum atomic E-state index is -0.363. The summed E-state index contributed by atoms with van der Waals surface area (Å²) in [5.41, 5.74) is 1.87. The number of hydrogen-bond acceptors (Lipinski definition) is 6. The number of carbonyl (C=O) groups excluding carboxylic acids is 4. The van der Waals surface area contributed by atoms with Crippen LogP contribution in [-0.4, -0.2) is 46.7 Å². The van der Waals surface area contributed by atoms with Crippen molar-refractivity contribution in [2.24, 2.45) is 0 Å². The third-order valence-corrected chi connectivity index (χ3v) is 6.68. The van der Waals surface area contributed by atoms with Crippen LogP contribution in [0.2, 0.25) is 0 Å². The lowest BCUT2D eigenvalue weighted by Crippen LogP contribution is -2.37. The van der Waals surface area contributed by atoms with Crippen molar-refractivity contribution in [3.05, 3.63) is 64.6 Å². The van der Waals surface area contributed by atoms with Crippen LogP contribution >= 0.6 is 23.5 Å². The van der Waals surface area contributed by atoms with Gasteiger partial charge in [0.2, 0.25) is 5.91 Å². The molecule has 2 aromatic rings. The fourth-order valence-corrected chi connectivity index (χ4v) is 4.94. The number of amides is 4. The molecule has 4 rings (SSSR count). The van der Waals surface area contributed by atoms with Crippen LogP contribution in [0.1, 0.15) is 22.3 Å². The van der Waals surface area contributed by atoms with E-state index in [0.29, 0.717) is 28.3 Å². The van der Waals surface area contributed by atoms with Crippen molar-refractivity contribution in [2.75, 3.05) is 24.2 Å². The molecule has 1 fully saturated rings. The molecular formula is C22H19N3O4S2. The predicted octanol–water partition coefficient (Wildman–Crippen LogP) is 3.59. The minimum absolute atomic E-state index is 0.0771. The summed E-state index contributed by atoms with van der Waals surface area (Å²) in [7, 11) is 0. The van der Waals surface area contributed by atoms with Gasteiger partial charge in [-0.2, -0.15) is 0 Å². The molecule has 0 radical (unpaired) electrons. The number of nitrogens with zero attached hydrogens (tertiary/aromatic N) is 1. The van der Waals surface area contributed by atoms with Crippen LogP contribution in [0, 0.1) is 0 Å². The first-order valence-corrected chi connectivity index (χ1v) is 11.5. The molecule has 2 N–H and O–H groups in total. The molecule has 0 saturated carbocycles. The highest BCUT2D eigenvalue weighted by molar-refractivity contribution is 8.18. The standard InChI is InChI=1S/C22H19N3O4S2/c26-19-8-11-30-17-7-6-15(13-16(17)24-19)20(27)23-9-10-25-21(28)18(31-22(25)29)12-14-4-2-1-3-5-14/h1-7,12-13H,8-11H2,(H,23,27)(H,24,26). The summed E-state index contributed by atoms with van der Waals surface area (Å²) in [6.45, 7) is 0.216. The first-order chi connectivity index (χ1) is 15.0. The van der Waals surface area contributed by atoms with E-state index in [2.05, 4.69) is 10.6 Å². The average Bonchev–Trinajstić information content (AvgIpc) is 2.91. The van der Waals surface area contributed by atoms with Gasteiger partial charge in [0.1, 0.15) is 0 Å². The highest BCUT2D eigenvalue weighted by atomic mass is 32.2. The van der Waals surface area contributed by atoms with E-state index in [1.165, 1.54) is 0 Å².